The molecule has 0 saturated carbocycles. The summed E-state index contributed by atoms with van der Waals surface area (Å²) in [4.78, 5) is 14.4. The molecule has 9 nitrogen and oxygen atoms in total. The van der Waals surface area contributed by atoms with Crippen LogP contribution in [0.15, 0.2) is 81.3 Å². The van der Waals surface area contributed by atoms with Crippen LogP contribution in [0.2, 0.25) is 0 Å². The fraction of sp³-hybridized carbons (Fsp3) is 0.0588. The Morgan fingerprint density at radius 1 is 0.839 bits per heavy atom. The van der Waals surface area contributed by atoms with Gasteiger partial charge in [-0.15, -0.1) is 0 Å². The number of aromatic nitrogens is 2. The average Bonchev–Trinajstić information content (AvgIpc) is 2.70. The number of halogens is 3. The zero-order valence-electron chi connectivity index (χ0n) is 15.3. The Morgan fingerprint density at radius 3 is 1.61 bits per heavy atom. The molecule has 0 aliphatic carbocycles. The molecule has 0 bridgehead atoms. The predicted molar refractivity (Wildman–Crippen MR) is 103 cm³/mol. The number of benzene rings is 2. The summed E-state index contributed by atoms with van der Waals surface area (Å²) in [7, 11) is -10.1. The van der Waals surface area contributed by atoms with E-state index in [2.05, 4.69) is 4.98 Å². The number of hydrogen-bond acceptors (Lipinski definition) is 7. The molecule has 3 aromatic rings. The second-order valence-corrected chi connectivity index (χ2v) is 9.73. The van der Waals surface area contributed by atoms with Crippen molar-refractivity contribution in [3.8, 4) is 0 Å². The summed E-state index contributed by atoms with van der Waals surface area (Å²) in [6.45, 7) is 0. The number of anilines is 1. The van der Waals surface area contributed by atoms with Crippen LogP contribution in [-0.2, 0) is 26.2 Å². The Labute approximate surface area is 174 Å². The number of hydrogen-bond donors (Lipinski definition) is 1. The molecule has 0 spiro atoms. The molecule has 0 aliphatic heterocycles. The highest BCUT2D eigenvalue weighted by molar-refractivity contribution is 8.09. The lowest BCUT2D eigenvalue weighted by atomic mass is 10.4. The smallest absolute Gasteiger partial charge is 0.368 e. The van der Waals surface area contributed by atoms with Gasteiger partial charge in [-0.3, -0.25) is 4.79 Å². The molecule has 2 N–H and O–H groups in total. The summed E-state index contributed by atoms with van der Waals surface area (Å²) in [6.07, 6.45) is -5.08. The Kier molecular flexibility index (Phi) is 5.54. The van der Waals surface area contributed by atoms with E-state index in [0.717, 1.165) is 24.3 Å². The average molecular weight is 474 g/mol. The van der Waals surface area contributed by atoms with Gasteiger partial charge in [0.15, 0.2) is 5.69 Å². The van der Waals surface area contributed by atoms with Gasteiger partial charge >= 0.3 is 6.18 Å². The van der Waals surface area contributed by atoms with Gasteiger partial charge < -0.3 is 5.73 Å². The number of nitrogens with two attached hydrogens (primary N) is 1. The number of nitrogen functional groups attached to an aromatic ring is 1. The van der Waals surface area contributed by atoms with E-state index in [4.69, 9.17) is 5.73 Å². The first kappa shape index (κ1) is 22.3. The lowest BCUT2D eigenvalue weighted by Gasteiger charge is -2.26. The van der Waals surface area contributed by atoms with Crippen LogP contribution < -0.4 is 15.1 Å². The Bertz CT molecular complexity index is 1310. The maximum Gasteiger partial charge on any atom is 0.433 e. The third kappa shape index (κ3) is 4.11. The zero-order chi connectivity index (χ0) is 23.0. The van der Waals surface area contributed by atoms with Crippen LogP contribution in [0.5, 0.6) is 0 Å². The Morgan fingerprint density at radius 2 is 1.26 bits per heavy atom. The van der Waals surface area contributed by atoms with E-state index in [0.29, 0.717) is 0 Å². The zero-order valence-corrected chi connectivity index (χ0v) is 16.9. The second-order valence-electron chi connectivity index (χ2n) is 5.96. The first-order valence-electron chi connectivity index (χ1n) is 8.24. The van der Waals surface area contributed by atoms with E-state index in [-0.39, 0.29) is 14.6 Å². The molecule has 31 heavy (non-hydrogen) atoms. The van der Waals surface area contributed by atoms with E-state index in [1.54, 1.807) is 0 Å². The summed E-state index contributed by atoms with van der Waals surface area (Å²) in [5.74, 6) is -1.29. The number of alkyl halides is 3. The minimum atomic E-state index is -5.08. The van der Waals surface area contributed by atoms with Crippen LogP contribution >= 0.6 is 0 Å². The largest absolute Gasteiger partial charge is 0.433 e. The number of sulfonamides is 2. The van der Waals surface area contributed by atoms with Crippen molar-refractivity contribution in [2.24, 2.45) is 0 Å². The van der Waals surface area contributed by atoms with E-state index in [9.17, 15) is 34.8 Å². The lowest BCUT2D eigenvalue weighted by Crippen LogP contribution is -2.51. The van der Waals surface area contributed by atoms with Crippen molar-refractivity contribution in [3.05, 3.63) is 82.8 Å². The molecule has 0 saturated heterocycles. The van der Waals surface area contributed by atoms with Crippen molar-refractivity contribution in [2.45, 2.75) is 16.0 Å². The fourth-order valence-electron chi connectivity index (χ4n) is 2.51. The van der Waals surface area contributed by atoms with Crippen LogP contribution in [-0.4, -0.2) is 26.5 Å². The van der Waals surface area contributed by atoms with Gasteiger partial charge in [0.25, 0.3) is 25.6 Å². The molecule has 1 heterocycles. The third-order valence-electron chi connectivity index (χ3n) is 3.87. The minimum Gasteiger partial charge on any atom is -0.368 e. The first-order valence-corrected chi connectivity index (χ1v) is 11.1. The Hall–Kier alpha value is -3.39. The SMILES string of the molecule is Nc1nc(C(F)(F)F)cc(=O)n1N(S(=O)(=O)c1ccccc1)S(=O)(=O)c1ccccc1. The van der Waals surface area contributed by atoms with E-state index in [1.165, 1.54) is 36.4 Å². The predicted octanol–water partition coefficient (Wildman–Crippen LogP) is 1.56. The van der Waals surface area contributed by atoms with Gasteiger partial charge in [-0.1, -0.05) is 40.2 Å². The van der Waals surface area contributed by atoms with Crippen molar-refractivity contribution in [1.82, 2.24) is 9.66 Å². The quantitative estimate of drug-likeness (QED) is 0.593. The van der Waals surface area contributed by atoms with Gasteiger partial charge in [0, 0.05) is 6.07 Å². The molecule has 2 aromatic carbocycles. The molecule has 0 fully saturated rings. The number of nitrogens with zero attached hydrogens (tertiary/aromatic N) is 3. The highest BCUT2D eigenvalue weighted by Crippen LogP contribution is 2.28. The molecular formula is C17H13F3N4O5S2. The molecule has 3 rings (SSSR count). The lowest BCUT2D eigenvalue weighted by molar-refractivity contribution is -0.141. The Balaban J connectivity index is 2.38. The van der Waals surface area contributed by atoms with E-state index >= 15 is 0 Å². The standard InChI is InChI=1S/C17H13F3N4O5S2/c18-17(19,20)14-11-15(25)23(16(21)22-14)24(30(26,27)12-7-3-1-4-8-12)31(28,29)13-9-5-2-6-10-13/h1-11H,(H2,21,22). The van der Waals surface area contributed by atoms with Crippen LogP contribution in [0, 0.1) is 0 Å². The number of rotatable bonds is 5. The van der Waals surface area contributed by atoms with Crippen molar-refractivity contribution < 1.29 is 30.0 Å². The fourth-order valence-corrected chi connectivity index (χ4v) is 6.18. The van der Waals surface area contributed by atoms with Crippen LogP contribution in [0.1, 0.15) is 5.69 Å². The van der Waals surface area contributed by atoms with Gasteiger partial charge in [-0.2, -0.15) is 34.7 Å². The van der Waals surface area contributed by atoms with E-state index in [1.807, 2.05) is 0 Å². The molecule has 0 radical (unpaired) electrons. The van der Waals surface area contributed by atoms with Crippen LogP contribution in [0.3, 0.4) is 0 Å². The monoisotopic (exact) mass is 474 g/mol. The maximum absolute atomic E-state index is 13.2. The first-order chi connectivity index (χ1) is 14.4. The molecule has 0 amide bonds. The normalized spacial score (nSPS) is 12.5. The molecule has 1 aromatic heterocycles. The molecule has 0 atom stereocenters. The summed E-state index contributed by atoms with van der Waals surface area (Å²) in [5, 5.41) is 0. The molecule has 0 unspecified atom stereocenters. The summed E-state index contributed by atoms with van der Waals surface area (Å²) in [6, 6.07) is 12.2. The van der Waals surface area contributed by atoms with Gasteiger partial charge in [-0.25, -0.2) is 4.98 Å². The van der Waals surface area contributed by atoms with Gasteiger partial charge in [-0.05, 0) is 24.3 Å². The molecule has 14 heteroatoms. The topological polar surface area (TPSA) is 132 Å². The van der Waals surface area contributed by atoms with Gasteiger partial charge in [0.05, 0.1) is 9.79 Å². The van der Waals surface area contributed by atoms with Crippen LogP contribution in [0.4, 0.5) is 19.1 Å². The highest BCUT2D eigenvalue weighted by atomic mass is 32.3. The van der Waals surface area contributed by atoms with E-state index < -0.39 is 53.2 Å². The van der Waals surface area contributed by atoms with Crippen molar-refractivity contribution in [3.63, 3.8) is 0 Å². The summed E-state index contributed by atoms with van der Waals surface area (Å²) < 4.78 is 91.3. The summed E-state index contributed by atoms with van der Waals surface area (Å²) in [5.41, 5.74) is 2.07. The highest BCUT2D eigenvalue weighted by Gasteiger charge is 2.41. The summed E-state index contributed by atoms with van der Waals surface area (Å²) >= 11 is 0. The third-order valence-corrected chi connectivity index (χ3v) is 7.93. The van der Waals surface area contributed by atoms with Crippen molar-refractivity contribution in [2.75, 3.05) is 9.55 Å². The second kappa shape index (κ2) is 7.70. The van der Waals surface area contributed by atoms with Gasteiger partial charge in [0.1, 0.15) is 0 Å². The molecular weight excluding hydrogens is 461 g/mol. The minimum absolute atomic E-state index is 0.0512. The van der Waals surface area contributed by atoms with Crippen molar-refractivity contribution in [1.29, 1.82) is 0 Å². The molecule has 164 valence electrons. The van der Waals surface area contributed by atoms with Crippen molar-refractivity contribution >= 4 is 26.0 Å². The van der Waals surface area contributed by atoms with Crippen LogP contribution in [0.25, 0.3) is 0 Å². The maximum atomic E-state index is 13.2. The molecule has 0 aliphatic rings. The van der Waals surface area contributed by atoms with Gasteiger partial charge in [0.2, 0.25) is 5.95 Å².